The first-order chi connectivity index (χ1) is 9.57. The van der Waals surface area contributed by atoms with Crippen molar-refractivity contribution in [3.05, 3.63) is 30.1 Å². The molecule has 0 saturated carbocycles. The normalized spacial score (nSPS) is 22.6. The summed E-state index contributed by atoms with van der Waals surface area (Å²) in [5, 5.41) is 3.22. The fourth-order valence-corrected chi connectivity index (χ4v) is 4.02. The zero-order valence-electron chi connectivity index (χ0n) is 11.1. The van der Waals surface area contributed by atoms with Gasteiger partial charge in [-0.25, -0.2) is 12.8 Å². The summed E-state index contributed by atoms with van der Waals surface area (Å²) < 4.78 is 39.2. The molecule has 0 bridgehead atoms. The molecule has 1 N–H and O–H groups in total. The molecule has 2 heterocycles. The molecule has 0 atom stereocenters. The Kier molecular flexibility index (Phi) is 3.76. The van der Waals surface area contributed by atoms with Gasteiger partial charge in [0.2, 0.25) is 10.0 Å². The molecule has 0 radical (unpaired) electrons. The van der Waals surface area contributed by atoms with Gasteiger partial charge >= 0.3 is 0 Å². The molecule has 3 rings (SSSR count). The maximum Gasteiger partial charge on any atom is 0.243 e. The molecule has 1 aromatic rings. The van der Waals surface area contributed by atoms with Crippen molar-refractivity contribution in [1.82, 2.24) is 14.5 Å². The first-order valence-corrected chi connectivity index (χ1v) is 8.22. The lowest BCUT2D eigenvalue weighted by atomic mass is 10.1. The first kappa shape index (κ1) is 13.9. The molecule has 20 heavy (non-hydrogen) atoms. The van der Waals surface area contributed by atoms with Crippen LogP contribution >= 0.6 is 0 Å². The van der Waals surface area contributed by atoms with Crippen LogP contribution < -0.4 is 5.32 Å². The number of piperazine rings is 1. The summed E-state index contributed by atoms with van der Waals surface area (Å²) in [6.07, 6.45) is 0. The van der Waals surface area contributed by atoms with Gasteiger partial charge in [-0.3, -0.25) is 4.90 Å². The van der Waals surface area contributed by atoms with E-state index in [0.717, 1.165) is 26.2 Å². The number of nitrogens with one attached hydrogen (secondary N) is 1. The SMILES string of the molecule is O=S(=O)(c1ccc(F)cc1)N1CCN(C2CNC2)CC1. The highest BCUT2D eigenvalue weighted by Gasteiger charge is 2.32. The van der Waals surface area contributed by atoms with Crippen LogP contribution in [-0.4, -0.2) is 62.9 Å². The van der Waals surface area contributed by atoms with Crippen molar-refractivity contribution < 1.29 is 12.8 Å². The number of hydrogen-bond acceptors (Lipinski definition) is 4. The standard InChI is InChI=1S/C13H18FN3O2S/c14-11-1-3-13(4-2-11)20(18,19)17-7-5-16(6-8-17)12-9-15-10-12/h1-4,12,15H,5-10H2. The summed E-state index contributed by atoms with van der Waals surface area (Å²) in [6, 6.07) is 5.57. The molecular formula is C13H18FN3O2S. The Balaban J connectivity index is 1.68. The Morgan fingerprint density at radius 1 is 1.05 bits per heavy atom. The van der Waals surface area contributed by atoms with Gasteiger partial charge in [-0.2, -0.15) is 4.31 Å². The number of halogens is 1. The highest BCUT2D eigenvalue weighted by atomic mass is 32.2. The maximum absolute atomic E-state index is 12.9. The van der Waals surface area contributed by atoms with E-state index in [2.05, 4.69) is 10.2 Å². The third-order valence-corrected chi connectivity index (χ3v) is 5.91. The molecule has 2 aliphatic rings. The quantitative estimate of drug-likeness (QED) is 0.860. The van der Waals surface area contributed by atoms with Crippen LogP contribution in [0.25, 0.3) is 0 Å². The van der Waals surface area contributed by atoms with Gasteiger partial charge in [-0.05, 0) is 24.3 Å². The molecule has 110 valence electrons. The van der Waals surface area contributed by atoms with Gasteiger partial charge in [0, 0.05) is 45.3 Å². The third-order valence-electron chi connectivity index (χ3n) is 4.00. The molecule has 5 nitrogen and oxygen atoms in total. The Morgan fingerprint density at radius 3 is 2.15 bits per heavy atom. The van der Waals surface area contributed by atoms with Crippen molar-refractivity contribution in [2.45, 2.75) is 10.9 Å². The monoisotopic (exact) mass is 299 g/mol. The molecular weight excluding hydrogens is 281 g/mol. The Morgan fingerprint density at radius 2 is 1.65 bits per heavy atom. The van der Waals surface area contributed by atoms with Crippen molar-refractivity contribution in [2.24, 2.45) is 0 Å². The van der Waals surface area contributed by atoms with Gasteiger partial charge in [-0.15, -0.1) is 0 Å². The van der Waals surface area contributed by atoms with Gasteiger partial charge in [-0.1, -0.05) is 0 Å². The lowest BCUT2D eigenvalue weighted by molar-refractivity contribution is 0.103. The first-order valence-electron chi connectivity index (χ1n) is 6.78. The number of nitrogens with zero attached hydrogens (tertiary/aromatic N) is 2. The van der Waals surface area contributed by atoms with Crippen LogP contribution in [0.1, 0.15) is 0 Å². The Bertz CT molecular complexity index is 564. The van der Waals surface area contributed by atoms with Crippen molar-refractivity contribution in [1.29, 1.82) is 0 Å². The second-order valence-corrected chi connectivity index (χ2v) is 7.14. The second kappa shape index (κ2) is 5.40. The molecule has 0 aliphatic carbocycles. The van der Waals surface area contributed by atoms with Gasteiger partial charge in [0.05, 0.1) is 4.90 Å². The van der Waals surface area contributed by atoms with Crippen LogP contribution in [-0.2, 0) is 10.0 Å². The maximum atomic E-state index is 12.9. The predicted molar refractivity (Wildman–Crippen MR) is 73.4 cm³/mol. The van der Waals surface area contributed by atoms with E-state index in [1.54, 1.807) is 0 Å². The number of hydrogen-bond donors (Lipinski definition) is 1. The van der Waals surface area contributed by atoms with Crippen LogP contribution in [0.5, 0.6) is 0 Å². The van der Waals surface area contributed by atoms with Crippen molar-refractivity contribution in [3.63, 3.8) is 0 Å². The number of rotatable bonds is 3. The van der Waals surface area contributed by atoms with Crippen molar-refractivity contribution in [2.75, 3.05) is 39.3 Å². The molecule has 7 heteroatoms. The highest BCUT2D eigenvalue weighted by molar-refractivity contribution is 7.89. The fraction of sp³-hybridized carbons (Fsp3) is 0.538. The average molecular weight is 299 g/mol. The van der Waals surface area contributed by atoms with Crippen LogP contribution in [0.2, 0.25) is 0 Å². The van der Waals surface area contributed by atoms with E-state index in [4.69, 9.17) is 0 Å². The largest absolute Gasteiger partial charge is 0.314 e. The van der Waals surface area contributed by atoms with Gasteiger partial charge in [0.15, 0.2) is 0 Å². The summed E-state index contributed by atoms with van der Waals surface area (Å²) >= 11 is 0. The van der Waals surface area contributed by atoms with Gasteiger partial charge < -0.3 is 5.32 Å². The second-order valence-electron chi connectivity index (χ2n) is 5.21. The van der Waals surface area contributed by atoms with Crippen LogP contribution in [0.15, 0.2) is 29.2 Å². The van der Waals surface area contributed by atoms with E-state index < -0.39 is 15.8 Å². The fourth-order valence-electron chi connectivity index (χ4n) is 2.60. The highest BCUT2D eigenvalue weighted by Crippen LogP contribution is 2.19. The van der Waals surface area contributed by atoms with Crippen LogP contribution in [0, 0.1) is 5.82 Å². The van der Waals surface area contributed by atoms with Crippen molar-refractivity contribution >= 4 is 10.0 Å². The molecule has 0 unspecified atom stereocenters. The minimum Gasteiger partial charge on any atom is -0.314 e. The van der Waals surface area contributed by atoms with Crippen LogP contribution in [0.3, 0.4) is 0 Å². The van der Waals surface area contributed by atoms with Crippen LogP contribution in [0.4, 0.5) is 4.39 Å². The van der Waals surface area contributed by atoms with E-state index >= 15 is 0 Å². The Labute approximate surface area is 118 Å². The van der Waals surface area contributed by atoms with Gasteiger partial charge in [0.25, 0.3) is 0 Å². The zero-order chi connectivity index (χ0) is 14.2. The summed E-state index contributed by atoms with van der Waals surface area (Å²) in [6.45, 7) is 4.49. The molecule has 0 spiro atoms. The summed E-state index contributed by atoms with van der Waals surface area (Å²) in [5.74, 6) is -0.425. The lowest BCUT2D eigenvalue weighted by Gasteiger charge is -2.42. The van der Waals surface area contributed by atoms with E-state index in [1.807, 2.05) is 0 Å². The third kappa shape index (κ3) is 2.58. The van der Waals surface area contributed by atoms with E-state index in [1.165, 1.54) is 28.6 Å². The van der Waals surface area contributed by atoms with E-state index in [-0.39, 0.29) is 4.90 Å². The van der Waals surface area contributed by atoms with Gasteiger partial charge in [0.1, 0.15) is 5.82 Å². The Hall–Kier alpha value is -1.02. The summed E-state index contributed by atoms with van der Waals surface area (Å²) in [4.78, 5) is 2.49. The summed E-state index contributed by atoms with van der Waals surface area (Å²) in [7, 11) is -3.49. The summed E-state index contributed by atoms with van der Waals surface area (Å²) in [5.41, 5.74) is 0. The molecule has 2 saturated heterocycles. The minimum atomic E-state index is -3.49. The molecule has 0 aromatic heterocycles. The lowest BCUT2D eigenvalue weighted by Crippen LogP contribution is -2.62. The molecule has 1 aromatic carbocycles. The topological polar surface area (TPSA) is 52.7 Å². The van der Waals surface area contributed by atoms with Crippen molar-refractivity contribution in [3.8, 4) is 0 Å². The number of benzene rings is 1. The molecule has 2 fully saturated rings. The van der Waals surface area contributed by atoms with E-state index in [9.17, 15) is 12.8 Å². The number of sulfonamides is 1. The molecule has 0 amide bonds. The zero-order valence-corrected chi connectivity index (χ0v) is 11.9. The van der Waals surface area contributed by atoms with E-state index in [0.29, 0.717) is 19.1 Å². The average Bonchev–Trinajstić information content (AvgIpc) is 2.38. The minimum absolute atomic E-state index is 0.165. The smallest absolute Gasteiger partial charge is 0.243 e. The predicted octanol–water partition coefficient (Wildman–Crippen LogP) is 0.104. The molecule has 2 aliphatic heterocycles.